The number of pyridine rings is 1. The molecule has 2 heterocycles. The third-order valence-electron chi connectivity index (χ3n) is 2.04. The van der Waals surface area contributed by atoms with Crippen molar-refractivity contribution in [2.24, 2.45) is 0 Å². The van der Waals surface area contributed by atoms with Crippen molar-refractivity contribution in [3.05, 3.63) is 41.3 Å². The monoisotopic (exact) mass is 251 g/mol. The molecular weight excluding hydrogens is 242 g/mol. The first kappa shape index (κ1) is 11.6. The van der Waals surface area contributed by atoms with E-state index in [9.17, 15) is 4.79 Å². The van der Waals surface area contributed by atoms with Gasteiger partial charge in [-0.2, -0.15) is 5.10 Å². The lowest BCUT2D eigenvalue weighted by molar-refractivity contribution is 0.0526. The molecule has 0 aliphatic rings. The van der Waals surface area contributed by atoms with Crippen LogP contribution in [0.1, 0.15) is 17.3 Å². The quantitative estimate of drug-likeness (QED) is 0.784. The number of hydrogen-bond donors (Lipinski definition) is 0. The van der Waals surface area contributed by atoms with Crippen molar-refractivity contribution in [2.45, 2.75) is 6.92 Å². The van der Waals surface area contributed by atoms with E-state index in [0.717, 1.165) is 0 Å². The maximum absolute atomic E-state index is 11.4. The van der Waals surface area contributed by atoms with Gasteiger partial charge in [-0.3, -0.25) is 0 Å². The Balaban J connectivity index is 2.21. The molecule has 0 radical (unpaired) electrons. The Labute approximate surface area is 103 Å². The minimum atomic E-state index is -0.384. The summed E-state index contributed by atoms with van der Waals surface area (Å²) in [5, 5.41) is 4.53. The van der Waals surface area contributed by atoms with Crippen LogP contribution in [-0.4, -0.2) is 27.3 Å². The summed E-state index contributed by atoms with van der Waals surface area (Å²) >= 11 is 5.75. The van der Waals surface area contributed by atoms with Crippen LogP contribution in [0.3, 0.4) is 0 Å². The molecule has 0 atom stereocenters. The van der Waals surface area contributed by atoms with Crippen LogP contribution in [0.25, 0.3) is 5.82 Å². The average Bonchev–Trinajstić information content (AvgIpc) is 2.76. The minimum absolute atomic E-state index is 0.343. The van der Waals surface area contributed by atoms with Gasteiger partial charge in [0, 0.05) is 6.20 Å². The molecule has 0 amide bonds. The van der Waals surface area contributed by atoms with Crippen molar-refractivity contribution in [2.75, 3.05) is 6.61 Å². The second-order valence-corrected chi connectivity index (χ2v) is 3.67. The fourth-order valence-corrected chi connectivity index (χ4v) is 1.42. The molecule has 0 fully saturated rings. The van der Waals surface area contributed by atoms with E-state index in [1.165, 1.54) is 17.1 Å². The first-order valence-corrected chi connectivity index (χ1v) is 5.42. The molecule has 0 unspecified atom stereocenters. The zero-order chi connectivity index (χ0) is 12.3. The van der Waals surface area contributed by atoms with Gasteiger partial charge in [0.1, 0.15) is 0 Å². The maximum atomic E-state index is 11.4. The van der Waals surface area contributed by atoms with Crippen molar-refractivity contribution in [1.29, 1.82) is 0 Å². The minimum Gasteiger partial charge on any atom is -0.462 e. The van der Waals surface area contributed by atoms with Gasteiger partial charge in [-0.05, 0) is 19.1 Å². The molecule has 2 aromatic heterocycles. The molecule has 0 saturated heterocycles. The van der Waals surface area contributed by atoms with Crippen LogP contribution in [0, 0.1) is 0 Å². The van der Waals surface area contributed by atoms with Gasteiger partial charge in [0.05, 0.1) is 29.6 Å². The number of carbonyl (C=O) groups is 1. The SMILES string of the molecule is CCOC(=O)c1ccc(-n2cc(Cl)cn2)nc1. The number of aromatic nitrogens is 3. The lowest BCUT2D eigenvalue weighted by Crippen LogP contribution is -2.06. The molecule has 0 bridgehead atoms. The number of ether oxygens (including phenoxy) is 1. The molecule has 0 aliphatic heterocycles. The largest absolute Gasteiger partial charge is 0.462 e. The molecule has 88 valence electrons. The van der Waals surface area contributed by atoms with Gasteiger partial charge in [0.25, 0.3) is 0 Å². The molecule has 0 spiro atoms. The Morgan fingerprint density at radius 3 is 2.82 bits per heavy atom. The van der Waals surface area contributed by atoms with Crippen molar-refractivity contribution in [3.63, 3.8) is 0 Å². The van der Waals surface area contributed by atoms with Crippen LogP contribution in [0.5, 0.6) is 0 Å². The third kappa shape index (κ3) is 2.62. The summed E-state index contributed by atoms with van der Waals surface area (Å²) in [7, 11) is 0. The number of carbonyl (C=O) groups excluding carboxylic acids is 1. The molecule has 6 heteroatoms. The van der Waals surface area contributed by atoms with Gasteiger partial charge in [-0.25, -0.2) is 14.5 Å². The van der Waals surface area contributed by atoms with Crippen LogP contribution < -0.4 is 0 Å². The molecule has 0 saturated carbocycles. The number of halogens is 1. The normalized spacial score (nSPS) is 10.2. The van der Waals surface area contributed by atoms with Gasteiger partial charge in [0.2, 0.25) is 0 Å². The van der Waals surface area contributed by atoms with E-state index in [4.69, 9.17) is 16.3 Å². The first-order chi connectivity index (χ1) is 8.20. The van der Waals surface area contributed by atoms with Crippen LogP contribution in [0.15, 0.2) is 30.7 Å². The molecule has 17 heavy (non-hydrogen) atoms. The van der Waals surface area contributed by atoms with Crippen molar-refractivity contribution >= 4 is 17.6 Å². The molecule has 5 nitrogen and oxygen atoms in total. The lowest BCUT2D eigenvalue weighted by Gasteiger charge is -2.03. The van der Waals surface area contributed by atoms with E-state index < -0.39 is 0 Å². The summed E-state index contributed by atoms with van der Waals surface area (Å²) in [5.74, 6) is 0.204. The highest BCUT2D eigenvalue weighted by molar-refractivity contribution is 6.30. The van der Waals surface area contributed by atoms with Crippen LogP contribution >= 0.6 is 11.6 Å². The second kappa shape index (κ2) is 4.97. The van der Waals surface area contributed by atoms with Gasteiger partial charge < -0.3 is 4.74 Å². The lowest BCUT2D eigenvalue weighted by atomic mass is 10.3. The Hall–Kier alpha value is -1.88. The topological polar surface area (TPSA) is 57.0 Å². The molecule has 2 rings (SSSR count). The third-order valence-corrected chi connectivity index (χ3v) is 2.24. The van der Waals surface area contributed by atoms with E-state index in [1.807, 2.05) is 0 Å². The van der Waals surface area contributed by atoms with Crippen molar-refractivity contribution in [3.8, 4) is 5.82 Å². The highest BCUT2D eigenvalue weighted by Gasteiger charge is 2.07. The summed E-state index contributed by atoms with van der Waals surface area (Å²) in [5.41, 5.74) is 0.411. The molecule has 0 N–H and O–H groups in total. The van der Waals surface area contributed by atoms with E-state index in [2.05, 4.69) is 10.1 Å². The zero-order valence-corrected chi connectivity index (χ0v) is 9.89. The Morgan fingerprint density at radius 1 is 1.47 bits per heavy atom. The summed E-state index contributed by atoms with van der Waals surface area (Å²) in [6, 6.07) is 3.31. The van der Waals surface area contributed by atoms with Gasteiger partial charge >= 0.3 is 5.97 Å². The van der Waals surface area contributed by atoms with Crippen molar-refractivity contribution < 1.29 is 9.53 Å². The zero-order valence-electron chi connectivity index (χ0n) is 9.13. The second-order valence-electron chi connectivity index (χ2n) is 3.23. The van der Waals surface area contributed by atoms with E-state index in [1.54, 1.807) is 25.3 Å². The number of rotatable bonds is 3. The highest BCUT2D eigenvalue weighted by atomic mass is 35.5. The van der Waals surface area contributed by atoms with Crippen LogP contribution in [0.2, 0.25) is 5.02 Å². The summed E-state index contributed by atoms with van der Waals surface area (Å²) in [6.45, 7) is 2.10. The standard InChI is InChI=1S/C11H10ClN3O2/c1-2-17-11(16)8-3-4-10(13-5-8)15-7-9(12)6-14-15/h3-7H,2H2,1H3. The predicted molar refractivity (Wildman–Crippen MR) is 62.3 cm³/mol. The fraction of sp³-hybridized carbons (Fsp3) is 0.182. The molecular formula is C11H10ClN3O2. The van der Waals surface area contributed by atoms with E-state index >= 15 is 0 Å². The van der Waals surface area contributed by atoms with Crippen LogP contribution in [0.4, 0.5) is 0 Å². The average molecular weight is 252 g/mol. The number of nitrogens with zero attached hydrogens (tertiary/aromatic N) is 3. The fourth-order valence-electron chi connectivity index (χ4n) is 1.28. The summed E-state index contributed by atoms with van der Waals surface area (Å²) in [6.07, 6.45) is 4.60. The summed E-state index contributed by atoms with van der Waals surface area (Å²) < 4.78 is 6.38. The Morgan fingerprint density at radius 2 is 2.29 bits per heavy atom. The van der Waals surface area contributed by atoms with Gasteiger partial charge in [-0.1, -0.05) is 11.6 Å². The van der Waals surface area contributed by atoms with Gasteiger partial charge in [-0.15, -0.1) is 0 Å². The number of hydrogen-bond acceptors (Lipinski definition) is 4. The molecule has 0 aliphatic carbocycles. The Bertz CT molecular complexity index is 522. The van der Waals surface area contributed by atoms with Gasteiger partial charge in [0.15, 0.2) is 5.82 Å². The number of esters is 1. The maximum Gasteiger partial charge on any atom is 0.339 e. The molecule has 2 aromatic rings. The predicted octanol–water partition coefficient (Wildman–Crippen LogP) is 2.10. The Kier molecular flexibility index (Phi) is 3.39. The first-order valence-electron chi connectivity index (χ1n) is 5.04. The van der Waals surface area contributed by atoms with Crippen molar-refractivity contribution in [1.82, 2.24) is 14.8 Å². The molecule has 0 aromatic carbocycles. The smallest absolute Gasteiger partial charge is 0.339 e. The van der Waals surface area contributed by atoms with Crippen LogP contribution in [-0.2, 0) is 4.74 Å². The highest BCUT2D eigenvalue weighted by Crippen LogP contribution is 2.10. The van der Waals surface area contributed by atoms with E-state index in [0.29, 0.717) is 23.0 Å². The van der Waals surface area contributed by atoms with E-state index in [-0.39, 0.29) is 5.97 Å². The summed E-state index contributed by atoms with van der Waals surface area (Å²) in [4.78, 5) is 15.5.